The Labute approximate surface area is 120 Å². The lowest BCUT2D eigenvalue weighted by atomic mass is 10.2. The molecule has 0 atom stereocenters. The third-order valence-electron chi connectivity index (χ3n) is 2.61. The number of hydrogen-bond donors (Lipinski definition) is 2. The minimum atomic E-state index is -1.08. The Morgan fingerprint density at radius 2 is 2.00 bits per heavy atom. The zero-order valence-corrected chi connectivity index (χ0v) is 11.5. The van der Waals surface area contributed by atoms with Crippen LogP contribution in [-0.4, -0.2) is 16.1 Å². The van der Waals surface area contributed by atoms with E-state index in [9.17, 15) is 4.79 Å². The molecular weight excluding hydrogens is 287 g/mol. The van der Waals surface area contributed by atoms with Crippen LogP contribution in [0.4, 0.5) is 11.5 Å². The van der Waals surface area contributed by atoms with Crippen LogP contribution in [0.25, 0.3) is 0 Å². The molecule has 6 heteroatoms. The summed E-state index contributed by atoms with van der Waals surface area (Å²) < 4.78 is 0. The summed E-state index contributed by atoms with van der Waals surface area (Å²) in [6, 6.07) is 8.14. The van der Waals surface area contributed by atoms with Gasteiger partial charge in [0.1, 0.15) is 16.5 Å². The van der Waals surface area contributed by atoms with Crippen LogP contribution < -0.4 is 5.32 Å². The highest BCUT2D eigenvalue weighted by molar-refractivity contribution is 6.31. The van der Waals surface area contributed by atoms with Gasteiger partial charge in [-0.3, -0.25) is 0 Å². The summed E-state index contributed by atoms with van der Waals surface area (Å²) in [4.78, 5) is 15.1. The predicted molar refractivity (Wildman–Crippen MR) is 75.7 cm³/mol. The monoisotopic (exact) mass is 296 g/mol. The molecule has 4 nitrogen and oxygen atoms in total. The van der Waals surface area contributed by atoms with E-state index in [4.69, 9.17) is 28.3 Å². The quantitative estimate of drug-likeness (QED) is 0.836. The molecule has 0 fully saturated rings. The lowest BCUT2D eigenvalue weighted by Gasteiger charge is -2.12. The van der Waals surface area contributed by atoms with E-state index in [1.165, 1.54) is 12.1 Å². The molecule has 0 saturated carbocycles. The van der Waals surface area contributed by atoms with Gasteiger partial charge >= 0.3 is 5.97 Å². The molecule has 0 aliphatic carbocycles. The van der Waals surface area contributed by atoms with Crippen LogP contribution in [0.3, 0.4) is 0 Å². The molecular formula is C13H10Cl2N2O2. The molecule has 0 saturated heterocycles. The molecule has 2 rings (SSSR count). The van der Waals surface area contributed by atoms with Crippen molar-refractivity contribution in [1.29, 1.82) is 0 Å². The highest BCUT2D eigenvalue weighted by atomic mass is 35.5. The van der Waals surface area contributed by atoms with Crippen molar-refractivity contribution in [2.75, 3.05) is 5.32 Å². The molecule has 0 amide bonds. The van der Waals surface area contributed by atoms with E-state index >= 15 is 0 Å². The SMILES string of the molecule is Cc1c(Cl)cccc1Nc1nc(Cl)ccc1C(=O)O. The first-order chi connectivity index (χ1) is 8.99. The van der Waals surface area contributed by atoms with Gasteiger partial charge in [-0.15, -0.1) is 0 Å². The van der Waals surface area contributed by atoms with Crippen LogP contribution in [-0.2, 0) is 0 Å². The van der Waals surface area contributed by atoms with E-state index in [0.717, 1.165) is 5.56 Å². The molecule has 0 aliphatic rings. The first-order valence-electron chi connectivity index (χ1n) is 5.41. The Morgan fingerprint density at radius 3 is 2.68 bits per heavy atom. The molecule has 98 valence electrons. The normalized spacial score (nSPS) is 10.3. The third-order valence-corrected chi connectivity index (χ3v) is 3.23. The minimum Gasteiger partial charge on any atom is -0.478 e. The van der Waals surface area contributed by atoms with Crippen molar-refractivity contribution in [3.8, 4) is 0 Å². The molecule has 1 heterocycles. The summed E-state index contributed by atoms with van der Waals surface area (Å²) in [5.74, 6) is -0.892. The molecule has 0 aliphatic heterocycles. The Morgan fingerprint density at radius 1 is 1.26 bits per heavy atom. The molecule has 0 spiro atoms. The number of aromatic carboxylic acids is 1. The number of hydrogen-bond acceptors (Lipinski definition) is 3. The summed E-state index contributed by atoms with van der Waals surface area (Å²) in [5.41, 5.74) is 1.54. The van der Waals surface area contributed by atoms with Gasteiger partial charge in [0.05, 0.1) is 0 Å². The maximum atomic E-state index is 11.1. The van der Waals surface area contributed by atoms with Gasteiger partial charge in [0, 0.05) is 10.7 Å². The highest BCUT2D eigenvalue weighted by Gasteiger charge is 2.13. The summed E-state index contributed by atoms with van der Waals surface area (Å²) >= 11 is 11.8. The van der Waals surface area contributed by atoms with Gasteiger partial charge in [-0.2, -0.15) is 0 Å². The van der Waals surface area contributed by atoms with Crippen molar-refractivity contribution < 1.29 is 9.90 Å². The van der Waals surface area contributed by atoms with E-state index in [2.05, 4.69) is 10.3 Å². The second kappa shape index (κ2) is 5.47. The molecule has 0 unspecified atom stereocenters. The van der Waals surface area contributed by atoms with Crippen LogP contribution in [0.1, 0.15) is 15.9 Å². The Bertz CT molecular complexity index is 645. The summed E-state index contributed by atoms with van der Waals surface area (Å²) in [6.07, 6.45) is 0. The fraction of sp³-hybridized carbons (Fsp3) is 0.0769. The molecule has 1 aromatic heterocycles. The summed E-state index contributed by atoms with van der Waals surface area (Å²) in [7, 11) is 0. The molecule has 2 aromatic rings. The topological polar surface area (TPSA) is 62.2 Å². The minimum absolute atomic E-state index is 0.0452. The number of rotatable bonds is 3. The van der Waals surface area contributed by atoms with Crippen LogP contribution in [0.5, 0.6) is 0 Å². The van der Waals surface area contributed by atoms with Gasteiger partial charge in [-0.25, -0.2) is 9.78 Å². The van der Waals surface area contributed by atoms with Gasteiger partial charge < -0.3 is 10.4 Å². The molecule has 19 heavy (non-hydrogen) atoms. The zero-order chi connectivity index (χ0) is 14.0. The first-order valence-corrected chi connectivity index (χ1v) is 6.16. The van der Waals surface area contributed by atoms with Gasteiger partial charge in [-0.05, 0) is 36.8 Å². The van der Waals surface area contributed by atoms with Gasteiger partial charge in [0.25, 0.3) is 0 Å². The maximum absolute atomic E-state index is 11.1. The van der Waals surface area contributed by atoms with Crippen molar-refractivity contribution in [3.63, 3.8) is 0 Å². The number of benzene rings is 1. The number of anilines is 2. The number of halogens is 2. The van der Waals surface area contributed by atoms with Crippen molar-refractivity contribution in [3.05, 3.63) is 51.6 Å². The number of pyridine rings is 1. The lowest BCUT2D eigenvalue weighted by Crippen LogP contribution is -2.05. The second-order valence-corrected chi connectivity index (χ2v) is 4.67. The van der Waals surface area contributed by atoms with E-state index in [-0.39, 0.29) is 16.5 Å². The first kappa shape index (κ1) is 13.6. The smallest absolute Gasteiger partial charge is 0.339 e. The van der Waals surface area contributed by atoms with Gasteiger partial charge in [0.15, 0.2) is 0 Å². The lowest BCUT2D eigenvalue weighted by molar-refractivity contribution is 0.0697. The van der Waals surface area contributed by atoms with Crippen molar-refractivity contribution in [2.24, 2.45) is 0 Å². The summed E-state index contributed by atoms with van der Waals surface area (Å²) in [5, 5.41) is 12.9. The third kappa shape index (κ3) is 2.97. The van der Waals surface area contributed by atoms with E-state index in [1.54, 1.807) is 18.2 Å². The number of carboxylic acid groups (broad SMARTS) is 1. The largest absolute Gasteiger partial charge is 0.478 e. The van der Waals surface area contributed by atoms with E-state index < -0.39 is 5.97 Å². The average molecular weight is 297 g/mol. The average Bonchev–Trinajstić information content (AvgIpc) is 2.35. The summed E-state index contributed by atoms with van der Waals surface area (Å²) in [6.45, 7) is 1.83. The van der Waals surface area contributed by atoms with Crippen molar-refractivity contribution in [1.82, 2.24) is 4.98 Å². The van der Waals surface area contributed by atoms with Gasteiger partial charge in [-0.1, -0.05) is 29.3 Å². The van der Waals surface area contributed by atoms with Crippen LogP contribution >= 0.6 is 23.2 Å². The van der Waals surface area contributed by atoms with Crippen molar-refractivity contribution >= 4 is 40.7 Å². The Kier molecular flexibility index (Phi) is 3.93. The maximum Gasteiger partial charge on any atom is 0.339 e. The number of carbonyl (C=O) groups is 1. The molecule has 1 aromatic carbocycles. The highest BCUT2D eigenvalue weighted by Crippen LogP contribution is 2.27. The number of nitrogens with zero attached hydrogens (tertiary/aromatic N) is 1. The van der Waals surface area contributed by atoms with E-state index in [1.807, 2.05) is 6.92 Å². The van der Waals surface area contributed by atoms with Crippen LogP contribution in [0.15, 0.2) is 30.3 Å². The molecule has 0 radical (unpaired) electrons. The fourth-order valence-corrected chi connectivity index (χ4v) is 1.90. The van der Waals surface area contributed by atoms with E-state index in [0.29, 0.717) is 10.7 Å². The van der Waals surface area contributed by atoms with Crippen LogP contribution in [0.2, 0.25) is 10.2 Å². The number of aromatic nitrogens is 1. The Balaban J connectivity index is 2.45. The number of nitrogens with one attached hydrogen (secondary N) is 1. The molecule has 2 N–H and O–H groups in total. The molecule has 0 bridgehead atoms. The van der Waals surface area contributed by atoms with Crippen molar-refractivity contribution in [2.45, 2.75) is 6.92 Å². The zero-order valence-electron chi connectivity index (χ0n) is 9.95. The fourth-order valence-electron chi connectivity index (χ4n) is 1.57. The standard InChI is InChI=1S/C13H10Cl2N2O2/c1-7-9(14)3-2-4-10(7)16-12-8(13(18)19)5-6-11(15)17-12/h2-6H,1H3,(H,16,17)(H,18,19). The predicted octanol–water partition coefficient (Wildman–Crippen LogP) is 4.14. The van der Waals surface area contributed by atoms with Gasteiger partial charge in [0.2, 0.25) is 0 Å². The Hall–Kier alpha value is -1.78. The second-order valence-electron chi connectivity index (χ2n) is 3.87. The number of carboxylic acids is 1. The van der Waals surface area contributed by atoms with Crippen LogP contribution in [0, 0.1) is 6.92 Å².